The van der Waals surface area contributed by atoms with Crippen LogP contribution in [0.25, 0.3) is 0 Å². The molecule has 0 radical (unpaired) electrons. The van der Waals surface area contributed by atoms with Gasteiger partial charge in [-0.05, 0) is 35.2 Å². The van der Waals surface area contributed by atoms with Crippen LogP contribution in [-0.2, 0) is 16.1 Å². The predicted octanol–water partition coefficient (Wildman–Crippen LogP) is 3.89. The van der Waals surface area contributed by atoms with E-state index >= 15 is 0 Å². The van der Waals surface area contributed by atoms with Gasteiger partial charge in [0.05, 0.1) is 5.56 Å². The van der Waals surface area contributed by atoms with Crippen molar-refractivity contribution in [3.05, 3.63) is 64.8 Å². The maximum Gasteiger partial charge on any atom is 0.422 e. The van der Waals surface area contributed by atoms with E-state index in [1.54, 1.807) is 38.1 Å². The quantitative estimate of drug-likeness (QED) is 0.171. The number of hydrogen-bond donors (Lipinski definition) is 4. The van der Waals surface area contributed by atoms with Crippen molar-refractivity contribution in [1.29, 1.82) is 0 Å². The zero-order valence-electron chi connectivity index (χ0n) is 22.0. The minimum Gasteiger partial charge on any atom is -0.454 e. The zero-order chi connectivity index (χ0) is 30.0. The van der Waals surface area contributed by atoms with Crippen molar-refractivity contribution >= 4 is 47.2 Å². The lowest BCUT2D eigenvalue weighted by Gasteiger charge is -2.24. The van der Waals surface area contributed by atoms with E-state index < -0.39 is 36.0 Å². The number of carbonyl (C=O) groups excluding carboxylic acids is 3. The summed E-state index contributed by atoms with van der Waals surface area (Å²) in [6.45, 7) is 2.71. The van der Waals surface area contributed by atoms with Crippen LogP contribution in [0.2, 0.25) is 5.02 Å². The standard InChI is InChI=1S/C26H27ClF3N7O4/c1-25(2,13-33-22(39)12-38)14-34-23(40)17-5-8-19(32-11-17)35-21-9-20(31-10-16-3-6-18(27)7-4-16)36-24(37-21)41-15-26(28,29)30/h3-9,11-12H,10,13-15H2,1-2H3,(H,33,39)(H,34,40)(H2,31,32,35,36,37). The molecule has 0 bridgehead atoms. The number of benzene rings is 1. The summed E-state index contributed by atoms with van der Waals surface area (Å²) in [4.78, 5) is 46.3. The van der Waals surface area contributed by atoms with E-state index in [4.69, 9.17) is 16.3 Å². The first-order valence-corrected chi connectivity index (χ1v) is 12.5. The van der Waals surface area contributed by atoms with Gasteiger partial charge in [0.25, 0.3) is 11.8 Å². The average Bonchev–Trinajstić information content (AvgIpc) is 2.93. The number of rotatable bonds is 13. The third-order valence-corrected chi connectivity index (χ3v) is 5.57. The highest BCUT2D eigenvalue weighted by molar-refractivity contribution is 6.30. The molecular formula is C26H27ClF3N7O4. The summed E-state index contributed by atoms with van der Waals surface area (Å²) < 4.78 is 42.9. The maximum absolute atomic E-state index is 12.7. The molecule has 1 aromatic carbocycles. The van der Waals surface area contributed by atoms with Gasteiger partial charge in [-0.3, -0.25) is 14.4 Å². The van der Waals surface area contributed by atoms with Gasteiger partial charge < -0.3 is 26.0 Å². The number of aldehydes is 1. The monoisotopic (exact) mass is 593 g/mol. The number of aromatic nitrogens is 3. The van der Waals surface area contributed by atoms with Crippen LogP contribution in [-0.4, -0.2) is 58.9 Å². The van der Waals surface area contributed by atoms with Gasteiger partial charge in [-0.2, -0.15) is 23.1 Å². The van der Waals surface area contributed by atoms with Gasteiger partial charge in [-0.25, -0.2) is 4.98 Å². The van der Waals surface area contributed by atoms with Crippen molar-refractivity contribution in [3.8, 4) is 6.01 Å². The fourth-order valence-electron chi connectivity index (χ4n) is 3.17. The van der Waals surface area contributed by atoms with Crippen molar-refractivity contribution in [3.63, 3.8) is 0 Å². The Labute approximate surface area is 238 Å². The molecule has 0 spiro atoms. The Morgan fingerprint density at radius 3 is 2.29 bits per heavy atom. The highest BCUT2D eigenvalue weighted by Gasteiger charge is 2.29. The van der Waals surface area contributed by atoms with Gasteiger partial charge in [0.1, 0.15) is 17.5 Å². The number of nitrogens with zero attached hydrogens (tertiary/aromatic N) is 3. The summed E-state index contributed by atoms with van der Waals surface area (Å²) >= 11 is 5.90. The third kappa shape index (κ3) is 10.9. The number of halogens is 4. The Morgan fingerprint density at radius 2 is 1.66 bits per heavy atom. The molecule has 0 aliphatic carbocycles. The number of pyridine rings is 1. The molecule has 2 heterocycles. The first-order valence-electron chi connectivity index (χ1n) is 12.1. The smallest absolute Gasteiger partial charge is 0.422 e. The number of ether oxygens (including phenoxy) is 1. The summed E-state index contributed by atoms with van der Waals surface area (Å²) in [5.74, 6) is -0.624. The number of carbonyl (C=O) groups is 3. The van der Waals surface area contributed by atoms with Crippen LogP contribution in [0.5, 0.6) is 6.01 Å². The SMILES string of the molecule is CC(C)(CNC(=O)C=O)CNC(=O)c1ccc(Nc2cc(NCc3ccc(Cl)cc3)nc(OCC(F)(F)F)n2)nc1. The maximum atomic E-state index is 12.7. The molecule has 3 aromatic rings. The number of hydrogen-bond acceptors (Lipinski definition) is 9. The molecule has 3 rings (SSSR count). The van der Waals surface area contributed by atoms with Crippen LogP contribution in [0.1, 0.15) is 29.8 Å². The molecule has 15 heteroatoms. The predicted molar refractivity (Wildman–Crippen MR) is 145 cm³/mol. The van der Waals surface area contributed by atoms with Crippen molar-refractivity contribution in [2.75, 3.05) is 30.3 Å². The summed E-state index contributed by atoms with van der Waals surface area (Å²) in [7, 11) is 0. The molecule has 0 saturated carbocycles. The molecule has 0 aliphatic heterocycles. The Hall–Kier alpha value is -4.46. The lowest BCUT2D eigenvalue weighted by Crippen LogP contribution is -2.42. The molecule has 0 aliphatic rings. The number of anilines is 3. The van der Waals surface area contributed by atoms with Crippen molar-refractivity contribution in [1.82, 2.24) is 25.6 Å². The van der Waals surface area contributed by atoms with E-state index in [2.05, 4.69) is 36.2 Å². The minimum atomic E-state index is -4.58. The molecule has 0 atom stereocenters. The van der Waals surface area contributed by atoms with E-state index in [-0.39, 0.29) is 42.4 Å². The van der Waals surface area contributed by atoms with Gasteiger partial charge >= 0.3 is 12.2 Å². The second kappa shape index (κ2) is 13.7. The lowest BCUT2D eigenvalue weighted by atomic mass is 9.93. The molecule has 0 unspecified atom stereocenters. The summed E-state index contributed by atoms with van der Waals surface area (Å²) in [5.41, 5.74) is 0.567. The van der Waals surface area contributed by atoms with Crippen molar-refractivity contribution in [2.24, 2.45) is 5.41 Å². The lowest BCUT2D eigenvalue weighted by molar-refractivity contribution is -0.154. The van der Waals surface area contributed by atoms with Gasteiger partial charge in [0.2, 0.25) is 6.29 Å². The summed E-state index contributed by atoms with van der Waals surface area (Å²) in [6, 6.07) is 10.9. The van der Waals surface area contributed by atoms with E-state index in [0.717, 1.165) is 5.56 Å². The Kier molecular flexibility index (Phi) is 10.4. The average molecular weight is 594 g/mol. The van der Waals surface area contributed by atoms with Gasteiger partial charge in [-0.1, -0.05) is 37.6 Å². The third-order valence-electron chi connectivity index (χ3n) is 5.31. The van der Waals surface area contributed by atoms with Crippen LogP contribution in [0.4, 0.5) is 30.6 Å². The van der Waals surface area contributed by atoms with E-state index in [9.17, 15) is 27.6 Å². The first kappa shape index (κ1) is 31.1. The highest BCUT2D eigenvalue weighted by Crippen LogP contribution is 2.22. The van der Waals surface area contributed by atoms with Crippen LogP contribution in [0.3, 0.4) is 0 Å². The molecule has 41 heavy (non-hydrogen) atoms. The fraction of sp³-hybridized carbons (Fsp3) is 0.308. The largest absolute Gasteiger partial charge is 0.454 e. The second-order valence-electron chi connectivity index (χ2n) is 9.54. The Morgan fingerprint density at radius 1 is 0.976 bits per heavy atom. The molecule has 11 nitrogen and oxygen atoms in total. The molecule has 2 aromatic heterocycles. The van der Waals surface area contributed by atoms with Crippen LogP contribution in [0, 0.1) is 5.41 Å². The minimum absolute atomic E-state index is 0.0969. The summed E-state index contributed by atoms with van der Waals surface area (Å²) in [6.07, 6.45) is -3.10. The Balaban J connectivity index is 1.67. The molecule has 4 N–H and O–H groups in total. The second-order valence-corrected chi connectivity index (χ2v) is 9.98. The number of amides is 2. The number of alkyl halides is 3. The Bertz CT molecular complexity index is 1350. The molecule has 0 saturated heterocycles. The van der Waals surface area contributed by atoms with Crippen LogP contribution >= 0.6 is 11.6 Å². The van der Waals surface area contributed by atoms with Crippen LogP contribution < -0.4 is 26.0 Å². The summed E-state index contributed by atoms with van der Waals surface area (Å²) in [5, 5.41) is 11.6. The topological polar surface area (TPSA) is 147 Å². The van der Waals surface area contributed by atoms with Gasteiger partial charge in [0, 0.05) is 36.9 Å². The van der Waals surface area contributed by atoms with Gasteiger partial charge in [0.15, 0.2) is 6.61 Å². The van der Waals surface area contributed by atoms with Crippen molar-refractivity contribution in [2.45, 2.75) is 26.6 Å². The highest BCUT2D eigenvalue weighted by atomic mass is 35.5. The molecule has 218 valence electrons. The van der Waals surface area contributed by atoms with Crippen LogP contribution in [0.15, 0.2) is 48.7 Å². The number of nitrogens with one attached hydrogen (secondary N) is 4. The van der Waals surface area contributed by atoms with E-state index in [0.29, 0.717) is 11.6 Å². The molecule has 0 fully saturated rings. The first-order chi connectivity index (χ1) is 19.3. The van der Waals surface area contributed by atoms with E-state index in [1.165, 1.54) is 24.4 Å². The molecular weight excluding hydrogens is 567 g/mol. The van der Waals surface area contributed by atoms with E-state index in [1.807, 2.05) is 0 Å². The molecule has 2 amide bonds. The fourth-order valence-corrected chi connectivity index (χ4v) is 3.30. The van der Waals surface area contributed by atoms with Crippen molar-refractivity contribution < 1.29 is 32.3 Å². The normalized spacial score (nSPS) is 11.4. The van der Waals surface area contributed by atoms with Gasteiger partial charge in [-0.15, -0.1) is 0 Å². The zero-order valence-corrected chi connectivity index (χ0v) is 22.8.